The van der Waals surface area contributed by atoms with Crippen LogP contribution in [0.4, 0.5) is 19.0 Å². The number of hydrogen-bond donors (Lipinski definition) is 2. The summed E-state index contributed by atoms with van der Waals surface area (Å²) >= 11 is 0. The molecule has 2 N–H and O–H groups in total. The van der Waals surface area contributed by atoms with Gasteiger partial charge < -0.3 is 20.1 Å². The predicted octanol–water partition coefficient (Wildman–Crippen LogP) is 2.28. The van der Waals surface area contributed by atoms with Crippen molar-refractivity contribution in [3.8, 4) is 0 Å². The van der Waals surface area contributed by atoms with E-state index in [0.29, 0.717) is 13.1 Å². The molecule has 8 nitrogen and oxygen atoms in total. The first-order valence-electron chi connectivity index (χ1n) is 9.88. The van der Waals surface area contributed by atoms with E-state index in [2.05, 4.69) is 35.6 Å². The van der Waals surface area contributed by atoms with Crippen molar-refractivity contribution in [1.29, 1.82) is 0 Å². The molecule has 0 aromatic carbocycles. The summed E-state index contributed by atoms with van der Waals surface area (Å²) in [7, 11) is 0. The molecule has 3 heterocycles. The molecule has 0 saturated carbocycles. The second-order valence-electron chi connectivity index (χ2n) is 6.81. The smallest absolute Gasteiger partial charge is 0.368 e. The number of aromatic nitrogens is 2. The summed E-state index contributed by atoms with van der Waals surface area (Å²) < 4.78 is 44.0. The van der Waals surface area contributed by atoms with Gasteiger partial charge in [-0.25, -0.2) is 4.98 Å². The van der Waals surface area contributed by atoms with E-state index < -0.39 is 11.7 Å². The van der Waals surface area contributed by atoms with Gasteiger partial charge in [0, 0.05) is 58.1 Å². The number of piperazine rings is 1. The molecule has 164 valence electrons. The molecule has 1 saturated heterocycles. The second kappa shape index (κ2) is 10.3. The van der Waals surface area contributed by atoms with Crippen molar-refractivity contribution in [2.75, 3.05) is 51.1 Å². The van der Waals surface area contributed by atoms with Crippen LogP contribution in [-0.2, 0) is 12.7 Å². The van der Waals surface area contributed by atoms with Crippen molar-refractivity contribution >= 4 is 11.8 Å². The SMILES string of the molecule is CCNC(=NCCNc1ncccc1C(F)(F)F)N1CCN(Cc2ccon2)CC1. The fraction of sp³-hybridized carbons (Fsp3) is 0.526. The van der Waals surface area contributed by atoms with Crippen LogP contribution in [0.3, 0.4) is 0 Å². The third-order valence-electron chi connectivity index (χ3n) is 4.66. The summed E-state index contributed by atoms with van der Waals surface area (Å²) in [4.78, 5) is 12.8. The van der Waals surface area contributed by atoms with E-state index >= 15 is 0 Å². The Bertz CT molecular complexity index is 803. The summed E-state index contributed by atoms with van der Waals surface area (Å²) in [5.74, 6) is 0.587. The molecule has 0 bridgehead atoms. The third kappa shape index (κ3) is 6.09. The summed E-state index contributed by atoms with van der Waals surface area (Å²) in [5, 5.41) is 9.94. The number of pyridine rings is 1. The normalized spacial score (nSPS) is 16.0. The van der Waals surface area contributed by atoms with Crippen molar-refractivity contribution in [1.82, 2.24) is 25.3 Å². The predicted molar refractivity (Wildman–Crippen MR) is 107 cm³/mol. The van der Waals surface area contributed by atoms with E-state index in [9.17, 15) is 13.2 Å². The zero-order valence-corrected chi connectivity index (χ0v) is 16.8. The Morgan fingerprint density at radius 3 is 2.70 bits per heavy atom. The highest BCUT2D eigenvalue weighted by Gasteiger charge is 2.33. The maximum atomic E-state index is 13.0. The zero-order valence-electron chi connectivity index (χ0n) is 16.8. The number of aliphatic imine (C=N–C) groups is 1. The molecule has 1 aliphatic rings. The molecule has 0 radical (unpaired) electrons. The quantitative estimate of drug-likeness (QED) is 0.400. The Morgan fingerprint density at radius 2 is 2.03 bits per heavy atom. The second-order valence-corrected chi connectivity index (χ2v) is 6.81. The van der Waals surface area contributed by atoms with Crippen molar-refractivity contribution in [3.63, 3.8) is 0 Å². The summed E-state index contributed by atoms with van der Waals surface area (Å²) in [6, 6.07) is 4.15. The lowest BCUT2D eigenvalue weighted by Gasteiger charge is -2.36. The van der Waals surface area contributed by atoms with Crippen LogP contribution in [-0.4, -0.2) is 71.7 Å². The Labute approximate surface area is 173 Å². The molecule has 1 aliphatic heterocycles. The molecule has 2 aromatic rings. The Hall–Kier alpha value is -2.82. The van der Waals surface area contributed by atoms with Gasteiger partial charge in [-0.15, -0.1) is 0 Å². The van der Waals surface area contributed by atoms with Crippen LogP contribution in [0.2, 0.25) is 0 Å². The van der Waals surface area contributed by atoms with Crippen LogP contribution in [0.25, 0.3) is 0 Å². The minimum Gasteiger partial charge on any atom is -0.368 e. The first-order valence-corrected chi connectivity index (χ1v) is 9.88. The molecule has 0 unspecified atom stereocenters. The summed E-state index contributed by atoms with van der Waals surface area (Å²) in [6.07, 6.45) is -1.54. The van der Waals surface area contributed by atoms with Gasteiger partial charge >= 0.3 is 6.18 Å². The van der Waals surface area contributed by atoms with E-state index in [4.69, 9.17) is 4.52 Å². The molecule has 11 heteroatoms. The number of alkyl halides is 3. The minimum absolute atomic E-state index is 0.174. The highest BCUT2D eigenvalue weighted by Crippen LogP contribution is 2.33. The van der Waals surface area contributed by atoms with E-state index in [1.807, 2.05) is 13.0 Å². The largest absolute Gasteiger partial charge is 0.419 e. The van der Waals surface area contributed by atoms with Gasteiger partial charge in [0.2, 0.25) is 0 Å². The topological polar surface area (TPSA) is 81.8 Å². The summed E-state index contributed by atoms with van der Waals surface area (Å²) in [6.45, 7) is 7.34. The highest BCUT2D eigenvalue weighted by molar-refractivity contribution is 5.80. The van der Waals surface area contributed by atoms with Gasteiger partial charge in [-0.3, -0.25) is 9.89 Å². The van der Waals surface area contributed by atoms with Crippen molar-refractivity contribution in [3.05, 3.63) is 41.9 Å². The fourth-order valence-electron chi connectivity index (χ4n) is 3.20. The number of guanidine groups is 1. The number of halogens is 3. The average molecular weight is 425 g/mol. The molecular formula is C19H26F3N7O. The van der Waals surface area contributed by atoms with Crippen molar-refractivity contribution in [2.24, 2.45) is 4.99 Å². The molecule has 0 aliphatic carbocycles. The van der Waals surface area contributed by atoms with E-state index in [0.717, 1.165) is 50.4 Å². The number of nitrogens with one attached hydrogen (secondary N) is 2. The average Bonchev–Trinajstić information content (AvgIpc) is 3.24. The van der Waals surface area contributed by atoms with Crippen molar-refractivity contribution < 1.29 is 17.7 Å². The number of rotatable bonds is 7. The molecule has 3 rings (SSSR count). The standard InChI is InChI=1S/C19H26F3N7O/c1-2-23-18(29-11-9-28(10-12-29)14-15-5-13-30-27-15)26-8-7-25-17-16(19(20,21)22)4-3-6-24-17/h3-6,13H,2,7-12,14H2,1H3,(H,23,26)(H,24,25). The van der Waals surface area contributed by atoms with E-state index in [1.165, 1.54) is 12.3 Å². The Kier molecular flexibility index (Phi) is 7.50. The monoisotopic (exact) mass is 425 g/mol. The number of nitrogens with zero attached hydrogens (tertiary/aromatic N) is 5. The lowest BCUT2D eigenvalue weighted by atomic mass is 10.2. The molecule has 0 atom stereocenters. The third-order valence-corrected chi connectivity index (χ3v) is 4.66. The van der Waals surface area contributed by atoms with Crippen LogP contribution in [0.5, 0.6) is 0 Å². The molecule has 0 spiro atoms. The van der Waals surface area contributed by atoms with Gasteiger partial charge in [0.1, 0.15) is 12.1 Å². The molecule has 1 fully saturated rings. The fourth-order valence-corrected chi connectivity index (χ4v) is 3.20. The van der Waals surface area contributed by atoms with Crippen LogP contribution in [0.1, 0.15) is 18.2 Å². The van der Waals surface area contributed by atoms with Gasteiger partial charge in [-0.2, -0.15) is 13.2 Å². The lowest BCUT2D eigenvalue weighted by Crippen LogP contribution is -2.52. The highest BCUT2D eigenvalue weighted by atomic mass is 19.4. The Balaban J connectivity index is 1.51. The van der Waals surface area contributed by atoms with Crippen LogP contribution < -0.4 is 10.6 Å². The molecule has 30 heavy (non-hydrogen) atoms. The van der Waals surface area contributed by atoms with Gasteiger partial charge in [-0.1, -0.05) is 5.16 Å². The van der Waals surface area contributed by atoms with Crippen molar-refractivity contribution in [2.45, 2.75) is 19.6 Å². The number of anilines is 1. The van der Waals surface area contributed by atoms with Gasteiger partial charge in [-0.05, 0) is 19.1 Å². The molecule has 0 amide bonds. The van der Waals surface area contributed by atoms with Crippen LogP contribution in [0.15, 0.2) is 40.2 Å². The van der Waals surface area contributed by atoms with Gasteiger partial charge in [0.05, 0.1) is 17.8 Å². The zero-order chi connectivity index (χ0) is 21.4. The first-order chi connectivity index (χ1) is 14.5. The first kappa shape index (κ1) is 21.9. The van der Waals surface area contributed by atoms with Gasteiger partial charge in [0.15, 0.2) is 5.96 Å². The molecule has 2 aromatic heterocycles. The maximum absolute atomic E-state index is 13.0. The number of hydrogen-bond acceptors (Lipinski definition) is 6. The minimum atomic E-state index is -4.44. The maximum Gasteiger partial charge on any atom is 0.419 e. The lowest BCUT2D eigenvalue weighted by molar-refractivity contribution is -0.137. The van der Waals surface area contributed by atoms with E-state index in [-0.39, 0.29) is 12.4 Å². The Morgan fingerprint density at radius 1 is 1.23 bits per heavy atom. The van der Waals surface area contributed by atoms with Crippen LogP contribution >= 0.6 is 0 Å². The molecular weight excluding hydrogens is 399 g/mol. The summed E-state index contributed by atoms with van der Waals surface area (Å²) in [5.41, 5.74) is 0.131. The van der Waals surface area contributed by atoms with E-state index in [1.54, 1.807) is 6.26 Å². The van der Waals surface area contributed by atoms with Gasteiger partial charge in [0.25, 0.3) is 0 Å². The van der Waals surface area contributed by atoms with Crippen LogP contribution in [0, 0.1) is 0 Å².